The zero-order chi connectivity index (χ0) is 15.4. The Hall–Kier alpha value is -2.11. The normalized spacial score (nSPS) is 12.4. The predicted octanol–water partition coefficient (Wildman–Crippen LogP) is 1.98. The fourth-order valence-corrected chi connectivity index (χ4v) is 2.37. The van der Waals surface area contributed by atoms with Crippen molar-refractivity contribution in [2.24, 2.45) is 0 Å². The van der Waals surface area contributed by atoms with E-state index < -0.39 is 0 Å². The Kier molecular flexibility index (Phi) is 4.77. The minimum Gasteiger partial charge on any atom is -0.350 e. The van der Waals surface area contributed by atoms with Crippen molar-refractivity contribution in [1.29, 1.82) is 0 Å². The standard InChI is InChI=1S/C15H23N5O/c1-5-8-20-12(3)14(11(2)18-20)10-16-15(21)13(4)19-9-6-7-17-19/h6-7,9,13H,5,8,10H2,1-4H3,(H,16,21)/t13-/m1/s1. The van der Waals surface area contributed by atoms with E-state index in [1.165, 1.54) is 0 Å². The van der Waals surface area contributed by atoms with E-state index >= 15 is 0 Å². The van der Waals surface area contributed by atoms with Gasteiger partial charge in [0.15, 0.2) is 0 Å². The molecule has 21 heavy (non-hydrogen) atoms. The number of carbonyl (C=O) groups is 1. The lowest BCUT2D eigenvalue weighted by Gasteiger charge is -2.13. The van der Waals surface area contributed by atoms with E-state index in [0.29, 0.717) is 6.54 Å². The molecule has 0 aliphatic rings. The number of nitrogens with one attached hydrogen (secondary N) is 1. The molecule has 0 saturated carbocycles. The van der Waals surface area contributed by atoms with Crippen molar-refractivity contribution in [3.8, 4) is 0 Å². The van der Waals surface area contributed by atoms with Crippen molar-refractivity contribution < 1.29 is 4.79 Å². The number of hydrogen-bond donors (Lipinski definition) is 1. The van der Waals surface area contributed by atoms with E-state index in [1.54, 1.807) is 17.1 Å². The van der Waals surface area contributed by atoms with E-state index in [4.69, 9.17) is 0 Å². The van der Waals surface area contributed by atoms with Crippen molar-refractivity contribution in [1.82, 2.24) is 24.9 Å². The molecule has 0 fully saturated rings. The summed E-state index contributed by atoms with van der Waals surface area (Å²) in [6.45, 7) is 9.41. The molecule has 0 aliphatic heterocycles. The summed E-state index contributed by atoms with van der Waals surface area (Å²) >= 11 is 0. The highest BCUT2D eigenvalue weighted by Crippen LogP contribution is 2.14. The lowest BCUT2D eigenvalue weighted by molar-refractivity contribution is -0.124. The summed E-state index contributed by atoms with van der Waals surface area (Å²) in [4.78, 5) is 12.2. The molecule has 0 aliphatic carbocycles. The molecular formula is C15H23N5O. The third-order valence-corrected chi connectivity index (χ3v) is 3.71. The van der Waals surface area contributed by atoms with E-state index in [2.05, 4.69) is 22.4 Å². The maximum Gasteiger partial charge on any atom is 0.244 e. The molecule has 6 nitrogen and oxygen atoms in total. The molecule has 2 rings (SSSR count). The van der Waals surface area contributed by atoms with Gasteiger partial charge in [0.1, 0.15) is 6.04 Å². The van der Waals surface area contributed by atoms with Crippen molar-refractivity contribution in [3.05, 3.63) is 35.4 Å². The molecule has 2 heterocycles. The lowest BCUT2D eigenvalue weighted by atomic mass is 10.2. The highest BCUT2D eigenvalue weighted by Gasteiger charge is 2.17. The molecule has 1 N–H and O–H groups in total. The number of aryl methyl sites for hydroxylation is 2. The Morgan fingerprint density at radius 1 is 1.43 bits per heavy atom. The molecule has 0 unspecified atom stereocenters. The first-order valence-corrected chi connectivity index (χ1v) is 7.34. The summed E-state index contributed by atoms with van der Waals surface area (Å²) in [5.41, 5.74) is 3.21. The largest absolute Gasteiger partial charge is 0.350 e. The second-order valence-corrected chi connectivity index (χ2v) is 5.25. The van der Waals surface area contributed by atoms with Gasteiger partial charge in [0.2, 0.25) is 5.91 Å². The van der Waals surface area contributed by atoms with Crippen LogP contribution in [-0.4, -0.2) is 25.5 Å². The van der Waals surface area contributed by atoms with Gasteiger partial charge in [0.25, 0.3) is 0 Å². The second-order valence-electron chi connectivity index (χ2n) is 5.25. The van der Waals surface area contributed by atoms with Gasteiger partial charge in [0, 0.05) is 36.7 Å². The molecule has 0 radical (unpaired) electrons. The van der Waals surface area contributed by atoms with E-state index in [-0.39, 0.29) is 11.9 Å². The van der Waals surface area contributed by atoms with Gasteiger partial charge in [-0.3, -0.25) is 14.2 Å². The topological polar surface area (TPSA) is 64.7 Å². The Labute approximate surface area is 125 Å². The molecule has 6 heteroatoms. The van der Waals surface area contributed by atoms with Crippen molar-refractivity contribution in [2.75, 3.05) is 0 Å². The fraction of sp³-hybridized carbons (Fsp3) is 0.533. The van der Waals surface area contributed by atoms with Gasteiger partial charge in [-0.2, -0.15) is 10.2 Å². The minimum atomic E-state index is -0.314. The van der Waals surface area contributed by atoms with Crippen molar-refractivity contribution >= 4 is 5.91 Å². The van der Waals surface area contributed by atoms with Crippen LogP contribution >= 0.6 is 0 Å². The van der Waals surface area contributed by atoms with E-state index in [0.717, 1.165) is 29.9 Å². The summed E-state index contributed by atoms with van der Waals surface area (Å²) in [6.07, 6.45) is 4.51. The Morgan fingerprint density at radius 2 is 2.19 bits per heavy atom. The average Bonchev–Trinajstić information content (AvgIpc) is 3.07. The number of carbonyl (C=O) groups excluding carboxylic acids is 1. The summed E-state index contributed by atoms with van der Waals surface area (Å²) in [5, 5.41) is 11.6. The maximum atomic E-state index is 12.2. The Balaban J connectivity index is 2.01. The van der Waals surface area contributed by atoms with Crippen LogP contribution in [0.3, 0.4) is 0 Å². The quantitative estimate of drug-likeness (QED) is 0.884. The molecular weight excluding hydrogens is 266 g/mol. The molecule has 2 aromatic rings. The molecule has 0 aromatic carbocycles. The molecule has 114 valence electrons. The SMILES string of the molecule is CCCn1nc(C)c(CNC(=O)[C@@H](C)n2cccn2)c1C. The zero-order valence-corrected chi connectivity index (χ0v) is 13.1. The number of nitrogens with zero attached hydrogens (tertiary/aromatic N) is 4. The molecule has 0 bridgehead atoms. The fourth-order valence-electron chi connectivity index (χ4n) is 2.37. The van der Waals surface area contributed by atoms with Crippen LogP contribution in [0.1, 0.15) is 43.3 Å². The van der Waals surface area contributed by atoms with Gasteiger partial charge < -0.3 is 5.32 Å². The first-order valence-electron chi connectivity index (χ1n) is 7.34. The highest BCUT2D eigenvalue weighted by molar-refractivity contribution is 5.79. The maximum absolute atomic E-state index is 12.2. The van der Waals surface area contributed by atoms with E-state index in [9.17, 15) is 4.79 Å². The first kappa shape index (κ1) is 15.3. The second kappa shape index (κ2) is 6.56. The Bertz CT molecular complexity index is 600. The molecule has 1 atom stereocenters. The van der Waals surface area contributed by atoms with Crippen LogP contribution in [0.5, 0.6) is 0 Å². The number of hydrogen-bond acceptors (Lipinski definition) is 3. The monoisotopic (exact) mass is 289 g/mol. The molecule has 0 spiro atoms. The first-order chi connectivity index (χ1) is 10.0. The zero-order valence-electron chi connectivity index (χ0n) is 13.1. The van der Waals surface area contributed by atoms with Crippen LogP contribution in [-0.2, 0) is 17.9 Å². The van der Waals surface area contributed by atoms with Gasteiger partial charge in [-0.05, 0) is 33.3 Å². The van der Waals surface area contributed by atoms with Gasteiger partial charge in [-0.15, -0.1) is 0 Å². The van der Waals surface area contributed by atoms with Crippen LogP contribution in [0.4, 0.5) is 0 Å². The molecule has 2 aromatic heterocycles. The summed E-state index contributed by atoms with van der Waals surface area (Å²) < 4.78 is 3.66. The number of aromatic nitrogens is 4. The van der Waals surface area contributed by atoms with Crippen LogP contribution in [0.15, 0.2) is 18.5 Å². The van der Waals surface area contributed by atoms with Crippen LogP contribution in [0.25, 0.3) is 0 Å². The van der Waals surface area contributed by atoms with Gasteiger partial charge in [-0.1, -0.05) is 6.92 Å². The van der Waals surface area contributed by atoms with Crippen LogP contribution < -0.4 is 5.32 Å². The van der Waals surface area contributed by atoms with Gasteiger partial charge >= 0.3 is 0 Å². The molecule has 1 amide bonds. The average molecular weight is 289 g/mol. The third kappa shape index (κ3) is 3.32. The van der Waals surface area contributed by atoms with Crippen molar-refractivity contribution in [3.63, 3.8) is 0 Å². The minimum absolute atomic E-state index is 0.0410. The summed E-state index contributed by atoms with van der Waals surface area (Å²) in [7, 11) is 0. The third-order valence-electron chi connectivity index (χ3n) is 3.71. The van der Waals surface area contributed by atoms with Crippen molar-refractivity contribution in [2.45, 2.75) is 53.2 Å². The summed E-state index contributed by atoms with van der Waals surface area (Å²) in [5.74, 6) is -0.0410. The van der Waals surface area contributed by atoms with Gasteiger partial charge in [-0.25, -0.2) is 0 Å². The lowest BCUT2D eigenvalue weighted by Crippen LogP contribution is -2.31. The Morgan fingerprint density at radius 3 is 2.81 bits per heavy atom. The van der Waals surface area contributed by atoms with Crippen LogP contribution in [0.2, 0.25) is 0 Å². The smallest absolute Gasteiger partial charge is 0.244 e. The van der Waals surface area contributed by atoms with Crippen LogP contribution in [0, 0.1) is 13.8 Å². The predicted molar refractivity (Wildman–Crippen MR) is 80.8 cm³/mol. The molecule has 0 saturated heterocycles. The van der Waals surface area contributed by atoms with E-state index in [1.807, 2.05) is 31.5 Å². The summed E-state index contributed by atoms with van der Waals surface area (Å²) in [6, 6.07) is 1.50. The number of amides is 1. The highest BCUT2D eigenvalue weighted by atomic mass is 16.2. The van der Waals surface area contributed by atoms with Gasteiger partial charge in [0.05, 0.1) is 5.69 Å². The number of rotatable bonds is 6.